The average molecular weight is 288 g/mol. The first-order valence-electron chi connectivity index (χ1n) is 4.47. The van der Waals surface area contributed by atoms with Crippen LogP contribution in [0, 0.1) is 0 Å². The van der Waals surface area contributed by atoms with Crippen molar-refractivity contribution in [3.8, 4) is 11.1 Å². The average Bonchev–Trinajstić information content (AvgIpc) is 2.62. The molecule has 0 saturated heterocycles. The zero-order valence-corrected chi connectivity index (χ0v) is 9.63. The molecule has 0 saturated carbocycles. The van der Waals surface area contributed by atoms with Gasteiger partial charge in [0.2, 0.25) is 0 Å². The van der Waals surface area contributed by atoms with Crippen molar-refractivity contribution in [3.63, 3.8) is 0 Å². The fraction of sp³-hybridized carbons (Fsp3) is 0.100. The third-order valence-electron chi connectivity index (χ3n) is 2.17. The van der Waals surface area contributed by atoms with Gasteiger partial charge in [0, 0.05) is 4.47 Å². The third kappa shape index (κ3) is 1.92. The van der Waals surface area contributed by atoms with E-state index in [1.165, 1.54) is 0 Å². The number of anilines is 1. The Morgan fingerprint density at radius 1 is 1.25 bits per heavy atom. The number of aromatic nitrogens is 2. The van der Waals surface area contributed by atoms with Crippen LogP contribution in [0.3, 0.4) is 0 Å². The molecule has 0 radical (unpaired) electrons. The molecule has 0 bridgehead atoms. The van der Waals surface area contributed by atoms with Gasteiger partial charge in [-0.05, 0) is 17.7 Å². The lowest BCUT2D eigenvalue weighted by atomic mass is 10.1. The minimum atomic E-state index is -2.62. The van der Waals surface area contributed by atoms with Crippen molar-refractivity contribution in [2.75, 3.05) is 5.73 Å². The van der Waals surface area contributed by atoms with E-state index in [0.29, 0.717) is 5.56 Å². The summed E-state index contributed by atoms with van der Waals surface area (Å²) in [6.07, 6.45) is -2.62. The summed E-state index contributed by atoms with van der Waals surface area (Å²) in [7, 11) is 0. The van der Waals surface area contributed by atoms with Crippen LogP contribution in [-0.4, -0.2) is 10.2 Å². The molecule has 2 aromatic rings. The van der Waals surface area contributed by atoms with E-state index in [2.05, 4.69) is 26.1 Å². The van der Waals surface area contributed by atoms with Crippen molar-refractivity contribution in [1.82, 2.24) is 10.2 Å². The van der Waals surface area contributed by atoms with Gasteiger partial charge in [0.15, 0.2) is 5.82 Å². The van der Waals surface area contributed by atoms with Gasteiger partial charge >= 0.3 is 0 Å². The SMILES string of the molecule is Nc1n[nH]c(C(F)F)c1-c1ccc(Br)cc1. The number of alkyl halides is 2. The monoisotopic (exact) mass is 287 g/mol. The molecular formula is C10H8BrF2N3. The Hall–Kier alpha value is -1.43. The largest absolute Gasteiger partial charge is 0.382 e. The normalized spacial score (nSPS) is 11.0. The summed E-state index contributed by atoms with van der Waals surface area (Å²) >= 11 is 3.27. The molecule has 6 heteroatoms. The van der Waals surface area contributed by atoms with Crippen LogP contribution in [0.1, 0.15) is 12.1 Å². The Kier molecular flexibility index (Phi) is 2.91. The summed E-state index contributed by atoms with van der Waals surface area (Å²) in [5, 5.41) is 5.85. The minimum absolute atomic E-state index is 0.0811. The summed E-state index contributed by atoms with van der Waals surface area (Å²) in [4.78, 5) is 0. The summed E-state index contributed by atoms with van der Waals surface area (Å²) in [6, 6.07) is 6.93. The number of hydrogen-bond donors (Lipinski definition) is 2. The lowest BCUT2D eigenvalue weighted by Crippen LogP contribution is -1.91. The molecule has 0 fully saturated rings. The van der Waals surface area contributed by atoms with E-state index in [-0.39, 0.29) is 17.1 Å². The topological polar surface area (TPSA) is 54.7 Å². The zero-order valence-electron chi connectivity index (χ0n) is 8.05. The number of aromatic amines is 1. The molecule has 0 spiro atoms. The number of nitrogens with two attached hydrogens (primary N) is 1. The number of nitrogens with one attached hydrogen (secondary N) is 1. The lowest BCUT2D eigenvalue weighted by Gasteiger charge is -2.03. The van der Waals surface area contributed by atoms with Crippen molar-refractivity contribution < 1.29 is 8.78 Å². The number of halogens is 3. The maximum Gasteiger partial charge on any atom is 0.280 e. The van der Waals surface area contributed by atoms with Gasteiger partial charge in [-0.1, -0.05) is 28.1 Å². The van der Waals surface area contributed by atoms with Gasteiger partial charge in [-0.15, -0.1) is 0 Å². The maximum atomic E-state index is 12.7. The van der Waals surface area contributed by atoms with Gasteiger partial charge < -0.3 is 5.73 Å². The van der Waals surface area contributed by atoms with E-state index in [1.807, 2.05) is 0 Å². The van der Waals surface area contributed by atoms with Crippen molar-refractivity contribution in [1.29, 1.82) is 0 Å². The van der Waals surface area contributed by atoms with Gasteiger partial charge in [-0.3, -0.25) is 5.10 Å². The molecule has 3 nitrogen and oxygen atoms in total. The molecule has 0 atom stereocenters. The summed E-state index contributed by atoms with van der Waals surface area (Å²) in [5.74, 6) is 0.0811. The fourth-order valence-electron chi connectivity index (χ4n) is 1.45. The van der Waals surface area contributed by atoms with E-state index in [1.54, 1.807) is 24.3 Å². The van der Waals surface area contributed by atoms with Crippen LogP contribution < -0.4 is 5.73 Å². The molecule has 1 aromatic heterocycles. The molecular weight excluding hydrogens is 280 g/mol. The van der Waals surface area contributed by atoms with Gasteiger partial charge in [0.1, 0.15) is 5.69 Å². The van der Waals surface area contributed by atoms with Gasteiger partial charge in [0.25, 0.3) is 6.43 Å². The summed E-state index contributed by atoms with van der Waals surface area (Å²) in [6.45, 7) is 0. The first-order valence-corrected chi connectivity index (χ1v) is 5.26. The van der Waals surface area contributed by atoms with E-state index < -0.39 is 6.43 Å². The van der Waals surface area contributed by atoms with Crippen molar-refractivity contribution in [3.05, 3.63) is 34.4 Å². The quantitative estimate of drug-likeness (QED) is 0.890. The van der Waals surface area contributed by atoms with E-state index in [0.717, 1.165) is 4.47 Å². The number of hydrogen-bond acceptors (Lipinski definition) is 2. The molecule has 0 amide bonds. The Balaban J connectivity index is 2.54. The third-order valence-corrected chi connectivity index (χ3v) is 2.70. The van der Waals surface area contributed by atoms with Crippen molar-refractivity contribution in [2.45, 2.75) is 6.43 Å². The van der Waals surface area contributed by atoms with Crippen LogP contribution in [0.4, 0.5) is 14.6 Å². The number of benzene rings is 1. The molecule has 3 N–H and O–H groups in total. The Morgan fingerprint density at radius 3 is 2.44 bits per heavy atom. The molecule has 0 aliphatic heterocycles. The number of rotatable bonds is 2. The van der Waals surface area contributed by atoms with Crippen LogP contribution in [0.25, 0.3) is 11.1 Å². The molecule has 2 rings (SSSR count). The van der Waals surface area contributed by atoms with Gasteiger partial charge in [-0.2, -0.15) is 5.10 Å². The van der Waals surface area contributed by atoms with Crippen molar-refractivity contribution >= 4 is 21.7 Å². The zero-order chi connectivity index (χ0) is 11.7. The summed E-state index contributed by atoms with van der Waals surface area (Å²) < 4.78 is 26.2. The Bertz CT molecular complexity index is 493. The van der Waals surface area contributed by atoms with Crippen LogP contribution in [-0.2, 0) is 0 Å². The van der Waals surface area contributed by atoms with Gasteiger partial charge in [-0.25, -0.2) is 8.78 Å². The predicted molar refractivity (Wildman–Crippen MR) is 61.1 cm³/mol. The van der Waals surface area contributed by atoms with E-state index >= 15 is 0 Å². The smallest absolute Gasteiger partial charge is 0.280 e. The Labute approximate surface area is 98.8 Å². The van der Waals surface area contributed by atoms with Crippen LogP contribution in [0.5, 0.6) is 0 Å². The molecule has 0 unspecified atom stereocenters. The summed E-state index contributed by atoms with van der Waals surface area (Å²) in [5.41, 5.74) is 6.19. The molecule has 0 aliphatic carbocycles. The minimum Gasteiger partial charge on any atom is -0.382 e. The molecule has 16 heavy (non-hydrogen) atoms. The van der Waals surface area contributed by atoms with Crippen molar-refractivity contribution in [2.24, 2.45) is 0 Å². The van der Waals surface area contributed by atoms with E-state index in [9.17, 15) is 8.78 Å². The van der Waals surface area contributed by atoms with E-state index in [4.69, 9.17) is 5.73 Å². The highest BCUT2D eigenvalue weighted by Gasteiger charge is 2.19. The maximum absolute atomic E-state index is 12.7. The highest BCUT2D eigenvalue weighted by molar-refractivity contribution is 9.10. The van der Waals surface area contributed by atoms with Crippen LogP contribution >= 0.6 is 15.9 Å². The second-order valence-electron chi connectivity index (χ2n) is 3.21. The molecule has 0 aliphatic rings. The van der Waals surface area contributed by atoms with Crippen LogP contribution in [0.15, 0.2) is 28.7 Å². The first-order chi connectivity index (χ1) is 7.59. The highest BCUT2D eigenvalue weighted by Crippen LogP contribution is 2.33. The molecule has 1 aromatic carbocycles. The number of H-pyrrole nitrogens is 1. The first kappa shape index (κ1) is 11.1. The second kappa shape index (κ2) is 4.21. The standard InChI is InChI=1S/C10H8BrF2N3/c11-6-3-1-5(2-4-6)7-8(9(12)13)15-16-10(7)14/h1-4,9H,(H3,14,15,16). The Morgan fingerprint density at radius 2 is 1.88 bits per heavy atom. The van der Waals surface area contributed by atoms with Crippen LogP contribution in [0.2, 0.25) is 0 Å². The molecule has 84 valence electrons. The fourth-order valence-corrected chi connectivity index (χ4v) is 1.71. The predicted octanol–water partition coefficient (Wildman–Crippen LogP) is 3.36. The number of nitrogens with zero attached hydrogens (tertiary/aromatic N) is 1. The lowest BCUT2D eigenvalue weighted by molar-refractivity contribution is 0.146. The second-order valence-corrected chi connectivity index (χ2v) is 4.12. The van der Waals surface area contributed by atoms with Gasteiger partial charge in [0.05, 0.1) is 5.56 Å². The number of nitrogen functional groups attached to an aromatic ring is 1. The molecule has 1 heterocycles. The highest BCUT2D eigenvalue weighted by atomic mass is 79.9.